The van der Waals surface area contributed by atoms with Crippen molar-refractivity contribution in [3.8, 4) is 0 Å². The lowest BCUT2D eigenvalue weighted by Gasteiger charge is -2.36. The molecule has 1 heterocycles. The molecule has 0 unspecified atom stereocenters. The third-order valence-electron chi connectivity index (χ3n) is 3.11. The Balaban J connectivity index is 2.35. The minimum absolute atomic E-state index is 0.243. The lowest BCUT2D eigenvalue weighted by molar-refractivity contribution is 0.0126. The van der Waals surface area contributed by atoms with E-state index in [1.807, 2.05) is 20.8 Å². The molecule has 6 heteroatoms. The molecule has 0 radical (unpaired) electrons. The summed E-state index contributed by atoms with van der Waals surface area (Å²) in [7, 11) is 0. The lowest BCUT2D eigenvalue weighted by atomic mass is 10.1. The zero-order valence-electron chi connectivity index (χ0n) is 12.4. The van der Waals surface area contributed by atoms with Crippen LogP contribution < -0.4 is 5.73 Å². The predicted octanol–water partition coefficient (Wildman–Crippen LogP) is 0.247. The number of carbonyl (C=O) groups is 1. The Bertz CT molecular complexity index is 294. The maximum atomic E-state index is 11.9. The number of aliphatic hydroxyl groups is 1. The van der Waals surface area contributed by atoms with Crippen molar-refractivity contribution in [3.63, 3.8) is 0 Å². The van der Waals surface area contributed by atoms with Crippen LogP contribution in [0, 0.1) is 0 Å². The molecule has 0 aromatic carbocycles. The molecule has 0 aliphatic carbocycles. The molecular weight excluding hydrogens is 246 g/mol. The van der Waals surface area contributed by atoms with Crippen LogP contribution in [-0.4, -0.2) is 71.5 Å². The highest BCUT2D eigenvalue weighted by Gasteiger charge is 2.26. The van der Waals surface area contributed by atoms with Gasteiger partial charge in [-0.05, 0) is 27.7 Å². The molecule has 0 aromatic rings. The predicted molar refractivity (Wildman–Crippen MR) is 73.9 cm³/mol. The van der Waals surface area contributed by atoms with Crippen molar-refractivity contribution in [1.82, 2.24) is 9.80 Å². The zero-order chi connectivity index (χ0) is 14.6. The molecule has 2 atom stereocenters. The number of aliphatic hydroxyl groups excluding tert-OH is 1. The molecule has 0 bridgehead atoms. The van der Waals surface area contributed by atoms with E-state index < -0.39 is 11.7 Å². The van der Waals surface area contributed by atoms with E-state index in [1.54, 1.807) is 11.8 Å². The molecule has 19 heavy (non-hydrogen) atoms. The number of carbonyl (C=O) groups excluding carboxylic acids is 1. The fourth-order valence-electron chi connectivity index (χ4n) is 1.89. The highest BCUT2D eigenvalue weighted by molar-refractivity contribution is 5.68. The molecule has 1 fully saturated rings. The van der Waals surface area contributed by atoms with E-state index in [4.69, 9.17) is 10.5 Å². The van der Waals surface area contributed by atoms with Gasteiger partial charge in [0.15, 0.2) is 0 Å². The number of ether oxygens (including phenoxy) is 1. The van der Waals surface area contributed by atoms with E-state index in [0.29, 0.717) is 19.6 Å². The molecule has 0 aromatic heterocycles. The van der Waals surface area contributed by atoms with Crippen LogP contribution in [0.15, 0.2) is 0 Å². The van der Waals surface area contributed by atoms with Crippen LogP contribution in [0.4, 0.5) is 4.79 Å². The van der Waals surface area contributed by atoms with Crippen LogP contribution in [0.5, 0.6) is 0 Å². The Morgan fingerprint density at radius 2 is 1.84 bits per heavy atom. The van der Waals surface area contributed by atoms with Gasteiger partial charge < -0.3 is 20.5 Å². The second-order valence-corrected chi connectivity index (χ2v) is 6.17. The minimum atomic E-state index is -0.510. The van der Waals surface area contributed by atoms with Gasteiger partial charge in [-0.2, -0.15) is 0 Å². The van der Waals surface area contributed by atoms with E-state index in [9.17, 15) is 9.90 Å². The Morgan fingerprint density at radius 3 is 2.26 bits per heavy atom. The Labute approximate surface area is 115 Å². The summed E-state index contributed by atoms with van der Waals surface area (Å²) in [6, 6.07) is -0.243. The summed E-state index contributed by atoms with van der Waals surface area (Å²) in [5.41, 5.74) is 5.37. The number of hydrogen-bond acceptors (Lipinski definition) is 5. The molecular formula is C13H27N3O3. The van der Waals surface area contributed by atoms with E-state index in [-0.39, 0.29) is 12.1 Å². The van der Waals surface area contributed by atoms with E-state index in [1.165, 1.54) is 0 Å². The standard InChI is InChI=1S/C13H27N3O3/c1-10(17)11(14)9-15-5-7-16(8-6-15)12(18)19-13(2,3)4/h10-11,17H,5-9,14H2,1-4H3/t10-,11-/m0/s1. The van der Waals surface area contributed by atoms with Crippen LogP contribution in [0.3, 0.4) is 0 Å². The van der Waals surface area contributed by atoms with Gasteiger partial charge in [-0.1, -0.05) is 0 Å². The van der Waals surface area contributed by atoms with Crippen molar-refractivity contribution in [2.45, 2.75) is 45.4 Å². The third-order valence-corrected chi connectivity index (χ3v) is 3.11. The van der Waals surface area contributed by atoms with Crippen LogP contribution >= 0.6 is 0 Å². The highest BCUT2D eigenvalue weighted by atomic mass is 16.6. The van der Waals surface area contributed by atoms with Crippen LogP contribution in [0.25, 0.3) is 0 Å². The van der Waals surface area contributed by atoms with Crippen molar-refractivity contribution >= 4 is 6.09 Å². The smallest absolute Gasteiger partial charge is 0.410 e. The Kier molecular flexibility index (Phi) is 5.58. The van der Waals surface area contributed by atoms with Gasteiger partial charge in [-0.25, -0.2) is 4.79 Å². The largest absolute Gasteiger partial charge is 0.444 e. The maximum Gasteiger partial charge on any atom is 0.410 e. The second kappa shape index (κ2) is 6.54. The summed E-state index contributed by atoms with van der Waals surface area (Å²) in [5.74, 6) is 0. The number of nitrogens with two attached hydrogens (primary N) is 1. The first kappa shape index (κ1) is 16.2. The minimum Gasteiger partial charge on any atom is -0.444 e. The van der Waals surface area contributed by atoms with Gasteiger partial charge in [0.1, 0.15) is 5.60 Å². The van der Waals surface area contributed by atoms with Gasteiger partial charge in [0.2, 0.25) is 0 Å². The number of hydrogen-bond donors (Lipinski definition) is 2. The van der Waals surface area contributed by atoms with Gasteiger partial charge in [0.25, 0.3) is 0 Å². The Morgan fingerprint density at radius 1 is 1.32 bits per heavy atom. The van der Waals surface area contributed by atoms with Gasteiger partial charge in [-0.3, -0.25) is 4.90 Å². The quantitative estimate of drug-likeness (QED) is 0.770. The summed E-state index contributed by atoms with van der Waals surface area (Å²) in [5, 5.41) is 9.38. The van der Waals surface area contributed by atoms with Crippen molar-refractivity contribution in [1.29, 1.82) is 0 Å². The highest BCUT2D eigenvalue weighted by Crippen LogP contribution is 2.12. The average Bonchev–Trinajstić information content (AvgIpc) is 2.27. The molecule has 6 nitrogen and oxygen atoms in total. The number of nitrogens with zero attached hydrogens (tertiary/aromatic N) is 2. The van der Waals surface area contributed by atoms with Gasteiger partial charge >= 0.3 is 6.09 Å². The van der Waals surface area contributed by atoms with Crippen LogP contribution in [0.1, 0.15) is 27.7 Å². The molecule has 0 spiro atoms. The van der Waals surface area contributed by atoms with Crippen molar-refractivity contribution < 1.29 is 14.6 Å². The van der Waals surface area contributed by atoms with Crippen LogP contribution in [-0.2, 0) is 4.74 Å². The van der Waals surface area contributed by atoms with E-state index >= 15 is 0 Å². The first-order valence-electron chi connectivity index (χ1n) is 6.83. The van der Waals surface area contributed by atoms with Crippen molar-refractivity contribution in [2.24, 2.45) is 5.73 Å². The monoisotopic (exact) mass is 273 g/mol. The summed E-state index contributed by atoms with van der Waals surface area (Å²) in [4.78, 5) is 15.8. The normalized spacial score (nSPS) is 21.1. The summed E-state index contributed by atoms with van der Waals surface area (Å²) in [6.07, 6.45) is -0.768. The van der Waals surface area contributed by atoms with Gasteiger partial charge in [-0.15, -0.1) is 0 Å². The first-order valence-corrected chi connectivity index (χ1v) is 6.83. The summed E-state index contributed by atoms with van der Waals surface area (Å²) >= 11 is 0. The van der Waals surface area contributed by atoms with E-state index in [2.05, 4.69) is 4.90 Å². The van der Waals surface area contributed by atoms with Crippen molar-refractivity contribution in [2.75, 3.05) is 32.7 Å². The maximum absolute atomic E-state index is 11.9. The molecule has 112 valence electrons. The molecule has 1 aliphatic heterocycles. The zero-order valence-corrected chi connectivity index (χ0v) is 12.4. The summed E-state index contributed by atoms with van der Waals surface area (Å²) in [6.45, 7) is 10.7. The van der Waals surface area contributed by atoms with E-state index in [0.717, 1.165) is 13.1 Å². The van der Waals surface area contributed by atoms with Gasteiger partial charge in [0, 0.05) is 38.8 Å². The second-order valence-electron chi connectivity index (χ2n) is 6.17. The number of amides is 1. The number of rotatable bonds is 3. The molecule has 1 aliphatic rings. The SMILES string of the molecule is C[C@H](O)[C@@H](N)CN1CCN(C(=O)OC(C)(C)C)CC1. The Hall–Kier alpha value is -0.850. The van der Waals surface area contributed by atoms with Crippen LogP contribution in [0.2, 0.25) is 0 Å². The fourth-order valence-corrected chi connectivity index (χ4v) is 1.89. The number of piperazine rings is 1. The molecule has 1 rings (SSSR count). The topological polar surface area (TPSA) is 79.0 Å². The summed E-state index contributed by atoms with van der Waals surface area (Å²) < 4.78 is 5.34. The van der Waals surface area contributed by atoms with Gasteiger partial charge in [0.05, 0.1) is 6.10 Å². The molecule has 1 amide bonds. The fraction of sp³-hybridized carbons (Fsp3) is 0.923. The average molecular weight is 273 g/mol. The molecule has 0 saturated carbocycles. The molecule has 3 N–H and O–H groups in total. The molecule has 1 saturated heterocycles. The third kappa shape index (κ3) is 5.76. The lowest BCUT2D eigenvalue weighted by Crippen LogP contribution is -2.53. The van der Waals surface area contributed by atoms with Crippen molar-refractivity contribution in [3.05, 3.63) is 0 Å². The first-order chi connectivity index (χ1) is 8.69.